The summed E-state index contributed by atoms with van der Waals surface area (Å²) in [6.45, 7) is 5.44. The highest BCUT2D eigenvalue weighted by Crippen LogP contribution is 2.42. The van der Waals surface area contributed by atoms with Gasteiger partial charge >= 0.3 is 0 Å². The topological polar surface area (TPSA) is 44.4 Å². The summed E-state index contributed by atoms with van der Waals surface area (Å²) in [6, 6.07) is 21.6. The lowest BCUT2D eigenvalue weighted by atomic mass is 9.75. The molecule has 0 unspecified atom stereocenters. The predicted molar refractivity (Wildman–Crippen MR) is 114 cm³/mol. The van der Waals surface area contributed by atoms with Gasteiger partial charge < -0.3 is 10.6 Å². The Labute approximate surface area is 172 Å². The molecule has 0 aromatic heterocycles. The smallest absolute Gasteiger partial charge is 0.217 e. The number of nitrogens with one attached hydrogen (secondary N) is 2. The number of hydrogen-bond acceptors (Lipinski definition) is 3. The molecule has 2 heterocycles. The van der Waals surface area contributed by atoms with Crippen LogP contribution in [0.4, 0.5) is 0 Å². The van der Waals surface area contributed by atoms with E-state index in [1.165, 1.54) is 11.1 Å². The fraction of sp³-hybridized carbons (Fsp3) is 0.409. The molecule has 2 aliphatic heterocycles. The molecule has 2 N–H and O–H groups in total. The molecule has 4 nitrogen and oxygen atoms in total. The van der Waals surface area contributed by atoms with E-state index in [0.29, 0.717) is 5.92 Å². The van der Waals surface area contributed by atoms with Crippen LogP contribution < -0.4 is 10.6 Å². The first-order valence-electron chi connectivity index (χ1n) is 9.50. The number of rotatable bonds is 4. The molecule has 4 rings (SSSR count). The quantitative estimate of drug-likeness (QED) is 0.783. The van der Waals surface area contributed by atoms with E-state index in [4.69, 9.17) is 0 Å². The predicted octanol–water partition coefficient (Wildman–Crippen LogP) is 3.31. The molecule has 144 valence electrons. The fourth-order valence-corrected chi connectivity index (χ4v) is 4.71. The van der Waals surface area contributed by atoms with Crippen molar-refractivity contribution in [2.75, 3.05) is 19.6 Å². The Morgan fingerprint density at radius 2 is 1.81 bits per heavy atom. The van der Waals surface area contributed by atoms with Crippen LogP contribution in [0.5, 0.6) is 0 Å². The summed E-state index contributed by atoms with van der Waals surface area (Å²) in [7, 11) is 0. The molecule has 1 amide bonds. The SMILES string of the molecule is Br.CC(=O)N[C@]12CCN(Cc3ccccc3)C[C@H]1[C@H](c1ccccc1)NC2. The van der Waals surface area contributed by atoms with Gasteiger partial charge in [-0.25, -0.2) is 0 Å². The van der Waals surface area contributed by atoms with Crippen molar-refractivity contribution in [1.29, 1.82) is 0 Å². The lowest BCUT2D eigenvalue weighted by molar-refractivity contribution is -0.122. The van der Waals surface area contributed by atoms with Crippen molar-refractivity contribution in [1.82, 2.24) is 15.5 Å². The highest BCUT2D eigenvalue weighted by atomic mass is 79.9. The first-order valence-corrected chi connectivity index (χ1v) is 9.50. The standard InChI is InChI=1S/C22H27N3O.BrH/c1-17(26)24-22-12-13-25(14-18-8-4-2-5-9-18)15-20(22)21(23-16-22)19-10-6-3-7-11-19;/h2-11,20-21,23H,12-16H2,1H3,(H,24,26);1H/t20-,21-,22-;/m0./s1. The number of amides is 1. The molecule has 0 spiro atoms. The van der Waals surface area contributed by atoms with Crippen molar-refractivity contribution in [2.24, 2.45) is 5.92 Å². The second-order valence-corrected chi connectivity index (χ2v) is 7.68. The van der Waals surface area contributed by atoms with Crippen LogP contribution in [0.2, 0.25) is 0 Å². The van der Waals surface area contributed by atoms with Gasteiger partial charge in [-0.2, -0.15) is 0 Å². The van der Waals surface area contributed by atoms with Crippen LogP contribution in [-0.2, 0) is 11.3 Å². The molecule has 0 radical (unpaired) electrons. The maximum Gasteiger partial charge on any atom is 0.217 e. The van der Waals surface area contributed by atoms with Gasteiger partial charge in [0.05, 0.1) is 5.54 Å². The normalized spacial score (nSPS) is 27.4. The second-order valence-electron chi connectivity index (χ2n) is 7.68. The largest absolute Gasteiger partial charge is 0.349 e. The molecular formula is C22H28BrN3O. The minimum atomic E-state index is -0.139. The zero-order valence-electron chi connectivity index (χ0n) is 15.7. The van der Waals surface area contributed by atoms with Gasteiger partial charge in [0.25, 0.3) is 0 Å². The summed E-state index contributed by atoms with van der Waals surface area (Å²) in [5.74, 6) is 0.438. The highest BCUT2D eigenvalue weighted by molar-refractivity contribution is 8.93. The maximum atomic E-state index is 11.9. The molecule has 2 saturated heterocycles. The van der Waals surface area contributed by atoms with E-state index in [-0.39, 0.29) is 34.5 Å². The van der Waals surface area contributed by atoms with Crippen molar-refractivity contribution >= 4 is 22.9 Å². The van der Waals surface area contributed by atoms with Crippen molar-refractivity contribution in [3.63, 3.8) is 0 Å². The minimum absolute atomic E-state index is 0. The molecule has 0 bridgehead atoms. The first kappa shape index (κ1) is 20.1. The lowest BCUT2D eigenvalue weighted by Crippen LogP contribution is -2.60. The van der Waals surface area contributed by atoms with E-state index in [0.717, 1.165) is 32.6 Å². The molecule has 2 aliphatic rings. The average Bonchev–Trinajstić information content (AvgIpc) is 3.01. The Balaban J connectivity index is 0.00000210. The summed E-state index contributed by atoms with van der Waals surface area (Å²) in [6.07, 6.45) is 0.987. The van der Waals surface area contributed by atoms with Crippen LogP contribution in [0.1, 0.15) is 30.5 Å². The maximum absolute atomic E-state index is 11.9. The van der Waals surface area contributed by atoms with E-state index >= 15 is 0 Å². The number of piperidine rings is 1. The third-order valence-corrected chi connectivity index (χ3v) is 5.91. The second kappa shape index (κ2) is 8.55. The number of carbonyl (C=O) groups is 1. The van der Waals surface area contributed by atoms with Gasteiger partial charge in [-0.05, 0) is 17.5 Å². The van der Waals surface area contributed by atoms with Crippen molar-refractivity contribution in [3.8, 4) is 0 Å². The third-order valence-electron chi connectivity index (χ3n) is 5.91. The Morgan fingerprint density at radius 3 is 2.48 bits per heavy atom. The van der Waals surface area contributed by atoms with Gasteiger partial charge in [-0.15, -0.1) is 17.0 Å². The van der Waals surface area contributed by atoms with Crippen molar-refractivity contribution < 1.29 is 4.79 Å². The van der Waals surface area contributed by atoms with E-state index in [9.17, 15) is 4.79 Å². The van der Waals surface area contributed by atoms with Gasteiger partial charge in [0.1, 0.15) is 0 Å². The first-order chi connectivity index (χ1) is 12.7. The van der Waals surface area contributed by atoms with Crippen LogP contribution >= 0.6 is 17.0 Å². The Hall–Kier alpha value is -1.69. The summed E-state index contributed by atoms with van der Waals surface area (Å²) in [4.78, 5) is 14.4. The molecule has 27 heavy (non-hydrogen) atoms. The molecule has 0 aliphatic carbocycles. The average molecular weight is 430 g/mol. The number of fused-ring (bicyclic) bond motifs is 1. The molecule has 2 aromatic carbocycles. The van der Waals surface area contributed by atoms with Crippen molar-refractivity contribution in [2.45, 2.75) is 31.5 Å². The highest BCUT2D eigenvalue weighted by Gasteiger charge is 2.51. The fourth-order valence-electron chi connectivity index (χ4n) is 4.71. The minimum Gasteiger partial charge on any atom is -0.349 e. The molecular weight excluding hydrogens is 402 g/mol. The number of carbonyl (C=O) groups excluding carboxylic acids is 1. The van der Waals surface area contributed by atoms with Crippen LogP contribution in [0.15, 0.2) is 60.7 Å². The Morgan fingerprint density at radius 1 is 1.15 bits per heavy atom. The monoisotopic (exact) mass is 429 g/mol. The van der Waals surface area contributed by atoms with E-state index in [2.05, 4.69) is 76.2 Å². The summed E-state index contributed by atoms with van der Waals surface area (Å²) >= 11 is 0. The lowest BCUT2D eigenvalue weighted by Gasteiger charge is -2.45. The zero-order valence-corrected chi connectivity index (χ0v) is 17.4. The molecule has 0 saturated carbocycles. The zero-order chi connectivity index (χ0) is 18.0. The number of nitrogens with zero attached hydrogens (tertiary/aromatic N) is 1. The van der Waals surface area contributed by atoms with Gasteiger partial charge in [0.2, 0.25) is 5.91 Å². The van der Waals surface area contributed by atoms with Gasteiger partial charge in [-0.1, -0.05) is 60.7 Å². The third kappa shape index (κ3) is 4.26. The number of likely N-dealkylation sites (tertiary alicyclic amines) is 1. The van der Waals surface area contributed by atoms with Crippen molar-refractivity contribution in [3.05, 3.63) is 71.8 Å². The molecule has 3 atom stereocenters. The number of hydrogen-bond donors (Lipinski definition) is 2. The van der Waals surface area contributed by atoms with E-state index in [1.807, 2.05) is 0 Å². The molecule has 2 aromatic rings. The van der Waals surface area contributed by atoms with Crippen LogP contribution in [-0.4, -0.2) is 36.0 Å². The van der Waals surface area contributed by atoms with Crippen LogP contribution in [0.3, 0.4) is 0 Å². The Kier molecular flexibility index (Phi) is 6.35. The summed E-state index contributed by atoms with van der Waals surface area (Å²) in [5.41, 5.74) is 2.52. The van der Waals surface area contributed by atoms with E-state index < -0.39 is 0 Å². The van der Waals surface area contributed by atoms with Gasteiger partial charge in [-0.3, -0.25) is 9.69 Å². The van der Waals surface area contributed by atoms with Gasteiger partial charge in [0.15, 0.2) is 0 Å². The number of benzene rings is 2. The Bertz CT molecular complexity index is 755. The van der Waals surface area contributed by atoms with Crippen LogP contribution in [0.25, 0.3) is 0 Å². The number of halogens is 1. The van der Waals surface area contributed by atoms with Gasteiger partial charge in [0, 0.05) is 45.1 Å². The summed E-state index contributed by atoms with van der Waals surface area (Å²) in [5, 5.41) is 7.02. The molecule has 2 fully saturated rings. The van der Waals surface area contributed by atoms with E-state index in [1.54, 1.807) is 6.92 Å². The molecule has 5 heteroatoms. The summed E-state index contributed by atoms with van der Waals surface area (Å²) < 4.78 is 0. The van der Waals surface area contributed by atoms with Crippen LogP contribution in [0, 0.1) is 5.92 Å².